The van der Waals surface area contributed by atoms with E-state index in [1.807, 2.05) is 23.7 Å². The lowest BCUT2D eigenvalue weighted by molar-refractivity contribution is 0.162. The number of aryl methyl sites for hydroxylation is 1. The molecule has 2 aromatic rings. The summed E-state index contributed by atoms with van der Waals surface area (Å²) in [5.41, 5.74) is 1.33. The number of nitrogens with zero attached hydrogens (tertiary/aromatic N) is 2. The van der Waals surface area contributed by atoms with Gasteiger partial charge in [0.05, 0.1) is 6.61 Å². The lowest BCUT2D eigenvalue weighted by Gasteiger charge is -2.24. The van der Waals surface area contributed by atoms with Crippen molar-refractivity contribution in [3.63, 3.8) is 0 Å². The largest absolute Gasteiger partial charge is 0.381 e. The van der Waals surface area contributed by atoms with E-state index in [4.69, 9.17) is 4.74 Å². The Morgan fingerprint density at radius 3 is 2.76 bits per heavy atom. The van der Waals surface area contributed by atoms with Crippen LogP contribution in [-0.4, -0.2) is 29.6 Å². The second-order valence-corrected chi connectivity index (χ2v) is 7.14. The quantitative estimate of drug-likeness (QED) is 0.817. The molecule has 112 valence electrons. The van der Waals surface area contributed by atoms with Crippen LogP contribution in [0.4, 0.5) is 0 Å². The highest BCUT2D eigenvalue weighted by Crippen LogP contribution is 2.21. The van der Waals surface area contributed by atoms with E-state index in [9.17, 15) is 0 Å². The van der Waals surface area contributed by atoms with Crippen molar-refractivity contribution >= 4 is 11.3 Å². The predicted molar refractivity (Wildman–Crippen MR) is 86.3 cm³/mol. The van der Waals surface area contributed by atoms with Crippen molar-refractivity contribution in [3.8, 4) is 0 Å². The molecule has 2 aromatic heterocycles. The maximum absolute atomic E-state index is 5.53. The summed E-state index contributed by atoms with van der Waals surface area (Å²) in [6.45, 7) is 7.13. The van der Waals surface area contributed by atoms with Gasteiger partial charge in [-0.2, -0.15) is 0 Å². The standard InChI is InChI=1S/C17H22N2OS/c1-14-2-3-17(21-14)12-19(11-16-6-9-20-13-16)10-15-4-7-18-8-5-15/h2-5,7-8,16H,6,9-13H2,1H3. The van der Waals surface area contributed by atoms with E-state index in [2.05, 4.69) is 41.1 Å². The summed E-state index contributed by atoms with van der Waals surface area (Å²) in [6.07, 6.45) is 4.94. The lowest BCUT2D eigenvalue weighted by atomic mass is 10.1. The van der Waals surface area contributed by atoms with Crippen molar-refractivity contribution in [2.45, 2.75) is 26.4 Å². The van der Waals surface area contributed by atoms with E-state index >= 15 is 0 Å². The second-order valence-electron chi connectivity index (χ2n) is 5.77. The van der Waals surface area contributed by atoms with Gasteiger partial charge in [0.2, 0.25) is 0 Å². The molecular weight excluding hydrogens is 280 g/mol. The van der Waals surface area contributed by atoms with Gasteiger partial charge in [0, 0.05) is 48.4 Å². The fourth-order valence-corrected chi connectivity index (χ4v) is 3.75. The molecule has 3 nitrogen and oxygen atoms in total. The second kappa shape index (κ2) is 7.16. The molecule has 0 N–H and O–H groups in total. The molecule has 0 aliphatic carbocycles. The Balaban J connectivity index is 1.67. The zero-order valence-corrected chi connectivity index (χ0v) is 13.3. The summed E-state index contributed by atoms with van der Waals surface area (Å²) < 4.78 is 5.53. The molecule has 0 spiro atoms. The van der Waals surface area contributed by atoms with Crippen LogP contribution < -0.4 is 0 Å². The maximum Gasteiger partial charge on any atom is 0.0507 e. The number of hydrogen-bond donors (Lipinski definition) is 0. The third-order valence-electron chi connectivity index (χ3n) is 3.87. The van der Waals surface area contributed by atoms with Gasteiger partial charge in [0.15, 0.2) is 0 Å². The number of pyridine rings is 1. The van der Waals surface area contributed by atoms with Gasteiger partial charge in [-0.05, 0) is 49.1 Å². The topological polar surface area (TPSA) is 25.4 Å². The molecule has 1 unspecified atom stereocenters. The molecule has 4 heteroatoms. The molecular formula is C17H22N2OS. The van der Waals surface area contributed by atoms with Gasteiger partial charge in [-0.1, -0.05) is 0 Å². The normalized spacial score (nSPS) is 18.5. The Kier molecular flexibility index (Phi) is 5.01. The number of thiophene rings is 1. The Morgan fingerprint density at radius 1 is 1.24 bits per heavy atom. The Bertz CT molecular complexity index is 549. The van der Waals surface area contributed by atoms with Crippen molar-refractivity contribution < 1.29 is 4.74 Å². The molecule has 3 heterocycles. The van der Waals surface area contributed by atoms with E-state index in [0.717, 1.165) is 32.8 Å². The van der Waals surface area contributed by atoms with Crippen LogP contribution in [0.25, 0.3) is 0 Å². The van der Waals surface area contributed by atoms with Crippen LogP contribution in [0.1, 0.15) is 21.7 Å². The molecule has 0 bridgehead atoms. The van der Waals surface area contributed by atoms with Gasteiger partial charge >= 0.3 is 0 Å². The number of aromatic nitrogens is 1. The van der Waals surface area contributed by atoms with Gasteiger partial charge in [0.25, 0.3) is 0 Å². The predicted octanol–water partition coefficient (Wildman–Crippen LogP) is 3.49. The average molecular weight is 302 g/mol. The third-order valence-corrected chi connectivity index (χ3v) is 4.86. The minimum atomic E-state index is 0.674. The van der Waals surface area contributed by atoms with E-state index in [-0.39, 0.29) is 0 Å². The van der Waals surface area contributed by atoms with Gasteiger partial charge < -0.3 is 4.74 Å². The molecule has 0 radical (unpaired) electrons. The average Bonchev–Trinajstić information content (AvgIpc) is 3.12. The summed E-state index contributed by atoms with van der Waals surface area (Å²) in [6, 6.07) is 8.68. The number of ether oxygens (including phenoxy) is 1. The molecule has 1 atom stereocenters. The summed E-state index contributed by atoms with van der Waals surface area (Å²) in [7, 11) is 0. The maximum atomic E-state index is 5.53. The lowest BCUT2D eigenvalue weighted by Crippen LogP contribution is -2.28. The molecule has 0 amide bonds. The highest BCUT2D eigenvalue weighted by Gasteiger charge is 2.20. The summed E-state index contributed by atoms with van der Waals surface area (Å²) in [5.74, 6) is 0.674. The van der Waals surface area contributed by atoms with Gasteiger partial charge in [-0.3, -0.25) is 9.88 Å². The highest BCUT2D eigenvalue weighted by molar-refractivity contribution is 7.11. The smallest absolute Gasteiger partial charge is 0.0507 e. The van der Waals surface area contributed by atoms with Crippen LogP contribution in [0.3, 0.4) is 0 Å². The minimum absolute atomic E-state index is 0.674. The molecule has 0 saturated carbocycles. The number of hydrogen-bond acceptors (Lipinski definition) is 4. The first-order chi connectivity index (χ1) is 10.3. The van der Waals surface area contributed by atoms with E-state index in [1.54, 1.807) is 0 Å². The molecule has 0 aromatic carbocycles. The fraction of sp³-hybridized carbons (Fsp3) is 0.471. The third kappa shape index (κ3) is 4.37. The van der Waals surface area contributed by atoms with Crippen LogP contribution in [-0.2, 0) is 17.8 Å². The fourth-order valence-electron chi connectivity index (χ4n) is 2.81. The Morgan fingerprint density at radius 2 is 2.10 bits per heavy atom. The van der Waals surface area contributed by atoms with E-state index < -0.39 is 0 Å². The van der Waals surface area contributed by atoms with Gasteiger partial charge in [-0.25, -0.2) is 0 Å². The first-order valence-corrected chi connectivity index (χ1v) is 8.35. The van der Waals surface area contributed by atoms with Crippen molar-refractivity contribution in [3.05, 3.63) is 52.0 Å². The van der Waals surface area contributed by atoms with E-state index in [1.165, 1.54) is 21.7 Å². The first kappa shape index (κ1) is 14.7. The molecule has 1 fully saturated rings. The summed E-state index contributed by atoms with van der Waals surface area (Å²) in [4.78, 5) is 9.48. The Labute approximate surface area is 130 Å². The zero-order valence-electron chi connectivity index (χ0n) is 12.5. The molecule has 3 rings (SSSR count). The van der Waals surface area contributed by atoms with Crippen molar-refractivity contribution in [1.82, 2.24) is 9.88 Å². The zero-order chi connectivity index (χ0) is 14.5. The van der Waals surface area contributed by atoms with Crippen molar-refractivity contribution in [1.29, 1.82) is 0 Å². The summed E-state index contributed by atoms with van der Waals surface area (Å²) in [5, 5.41) is 0. The van der Waals surface area contributed by atoms with Gasteiger partial charge in [0.1, 0.15) is 0 Å². The molecule has 1 saturated heterocycles. The molecule has 1 aliphatic heterocycles. The number of rotatable bonds is 6. The van der Waals surface area contributed by atoms with Crippen LogP contribution in [0.5, 0.6) is 0 Å². The van der Waals surface area contributed by atoms with Gasteiger partial charge in [-0.15, -0.1) is 11.3 Å². The van der Waals surface area contributed by atoms with Crippen LogP contribution in [0.2, 0.25) is 0 Å². The van der Waals surface area contributed by atoms with Crippen LogP contribution in [0.15, 0.2) is 36.7 Å². The first-order valence-electron chi connectivity index (χ1n) is 7.54. The van der Waals surface area contributed by atoms with Crippen LogP contribution in [0, 0.1) is 12.8 Å². The van der Waals surface area contributed by atoms with Crippen molar-refractivity contribution in [2.75, 3.05) is 19.8 Å². The van der Waals surface area contributed by atoms with E-state index in [0.29, 0.717) is 5.92 Å². The minimum Gasteiger partial charge on any atom is -0.381 e. The SMILES string of the molecule is Cc1ccc(CN(Cc2ccncc2)CC2CCOC2)s1. The molecule has 21 heavy (non-hydrogen) atoms. The molecule has 1 aliphatic rings. The highest BCUT2D eigenvalue weighted by atomic mass is 32.1. The monoisotopic (exact) mass is 302 g/mol. The van der Waals surface area contributed by atoms with Crippen molar-refractivity contribution in [2.24, 2.45) is 5.92 Å². The summed E-state index contributed by atoms with van der Waals surface area (Å²) >= 11 is 1.90. The van der Waals surface area contributed by atoms with Crippen LogP contribution >= 0.6 is 11.3 Å². The Hall–Kier alpha value is -1.23.